The van der Waals surface area contributed by atoms with Gasteiger partial charge >= 0.3 is 0 Å². The average Bonchev–Trinajstić information content (AvgIpc) is 2.64. The third-order valence-corrected chi connectivity index (χ3v) is 4.37. The van der Waals surface area contributed by atoms with Crippen molar-refractivity contribution in [3.63, 3.8) is 0 Å². The smallest absolute Gasteiger partial charge is 0.254 e. The standard InChI is InChI=1S/C20H15ClFNO/c21-20(15-7-3-1-4-8-15,16-9-5-2-6-10-16)19(24)23-18-13-11-17(22)12-14-18/h1-14H,(H,23,24). The fraction of sp³-hybridized carbons (Fsp3) is 0.0500. The molecule has 0 saturated carbocycles. The Morgan fingerprint density at radius 1 is 0.792 bits per heavy atom. The van der Waals surface area contributed by atoms with Gasteiger partial charge in [-0.05, 0) is 35.4 Å². The Bertz CT molecular complexity index is 780. The molecule has 3 aromatic rings. The molecule has 0 radical (unpaired) electrons. The first-order valence-corrected chi connectivity index (χ1v) is 7.85. The van der Waals surface area contributed by atoms with Crippen LogP contribution >= 0.6 is 11.6 Å². The van der Waals surface area contributed by atoms with Crippen molar-refractivity contribution in [2.75, 3.05) is 5.32 Å². The minimum Gasteiger partial charge on any atom is -0.324 e. The van der Waals surface area contributed by atoms with Crippen molar-refractivity contribution >= 4 is 23.2 Å². The van der Waals surface area contributed by atoms with E-state index in [1.54, 1.807) is 0 Å². The van der Waals surface area contributed by atoms with Crippen molar-refractivity contribution in [1.29, 1.82) is 0 Å². The second kappa shape index (κ2) is 6.85. The summed E-state index contributed by atoms with van der Waals surface area (Å²) < 4.78 is 13.0. The minimum absolute atomic E-state index is 0.365. The van der Waals surface area contributed by atoms with Gasteiger partial charge in [0.2, 0.25) is 0 Å². The van der Waals surface area contributed by atoms with Gasteiger partial charge in [0.25, 0.3) is 5.91 Å². The van der Waals surface area contributed by atoms with Gasteiger partial charge in [-0.15, -0.1) is 0 Å². The molecule has 0 spiro atoms. The molecule has 0 aliphatic carbocycles. The van der Waals surface area contributed by atoms with Crippen molar-refractivity contribution in [1.82, 2.24) is 0 Å². The molecule has 0 aliphatic heterocycles. The lowest BCUT2D eigenvalue weighted by Gasteiger charge is -2.27. The molecule has 0 heterocycles. The van der Waals surface area contributed by atoms with Crippen LogP contribution in [0.25, 0.3) is 0 Å². The molecule has 4 heteroatoms. The van der Waals surface area contributed by atoms with Crippen LogP contribution in [0.1, 0.15) is 11.1 Å². The molecule has 120 valence electrons. The van der Waals surface area contributed by atoms with Crippen LogP contribution in [0.2, 0.25) is 0 Å². The van der Waals surface area contributed by atoms with Gasteiger partial charge in [-0.3, -0.25) is 4.79 Å². The summed E-state index contributed by atoms with van der Waals surface area (Å²) in [6.07, 6.45) is 0. The van der Waals surface area contributed by atoms with Crippen LogP contribution in [0, 0.1) is 5.82 Å². The van der Waals surface area contributed by atoms with E-state index in [9.17, 15) is 9.18 Å². The Morgan fingerprint density at radius 3 is 1.71 bits per heavy atom. The molecule has 0 atom stereocenters. The first kappa shape index (κ1) is 16.2. The van der Waals surface area contributed by atoms with Gasteiger partial charge < -0.3 is 5.32 Å². The molecule has 3 aromatic carbocycles. The second-order valence-corrected chi connectivity index (χ2v) is 5.92. The predicted molar refractivity (Wildman–Crippen MR) is 94.5 cm³/mol. The number of hydrogen-bond donors (Lipinski definition) is 1. The monoisotopic (exact) mass is 339 g/mol. The molecule has 3 rings (SSSR count). The van der Waals surface area contributed by atoms with Crippen molar-refractivity contribution in [3.05, 3.63) is 102 Å². The van der Waals surface area contributed by atoms with Crippen molar-refractivity contribution in [2.45, 2.75) is 4.87 Å². The highest BCUT2D eigenvalue weighted by Gasteiger charge is 2.40. The Labute approximate surface area is 144 Å². The number of rotatable bonds is 4. The van der Waals surface area contributed by atoms with E-state index in [1.807, 2.05) is 60.7 Å². The van der Waals surface area contributed by atoms with Crippen LogP contribution in [0.5, 0.6) is 0 Å². The molecule has 2 nitrogen and oxygen atoms in total. The lowest BCUT2D eigenvalue weighted by atomic mass is 9.89. The fourth-order valence-electron chi connectivity index (χ4n) is 2.51. The van der Waals surface area contributed by atoms with E-state index in [4.69, 9.17) is 11.6 Å². The topological polar surface area (TPSA) is 29.1 Å². The summed E-state index contributed by atoms with van der Waals surface area (Å²) in [6, 6.07) is 23.9. The van der Waals surface area contributed by atoms with E-state index in [0.29, 0.717) is 16.8 Å². The molecule has 0 saturated heterocycles. The maximum absolute atomic E-state index is 13.0. The summed E-state index contributed by atoms with van der Waals surface area (Å²) in [5.74, 6) is -0.760. The summed E-state index contributed by atoms with van der Waals surface area (Å²) in [4.78, 5) is 11.6. The number of carbonyl (C=O) groups excluding carboxylic acids is 1. The van der Waals surface area contributed by atoms with E-state index in [2.05, 4.69) is 5.32 Å². The number of alkyl halides is 1. The highest BCUT2D eigenvalue weighted by atomic mass is 35.5. The summed E-state index contributed by atoms with van der Waals surface area (Å²) in [5, 5.41) is 2.77. The van der Waals surface area contributed by atoms with Crippen molar-refractivity contribution in [2.24, 2.45) is 0 Å². The number of anilines is 1. The van der Waals surface area contributed by atoms with E-state index >= 15 is 0 Å². The molecule has 0 unspecified atom stereocenters. The van der Waals surface area contributed by atoms with Crippen LogP contribution in [-0.2, 0) is 9.67 Å². The Kier molecular flexibility index (Phi) is 4.63. The number of halogens is 2. The molecule has 0 bridgehead atoms. The summed E-state index contributed by atoms with van der Waals surface area (Å²) >= 11 is 6.84. The maximum Gasteiger partial charge on any atom is 0.254 e. The molecule has 0 fully saturated rings. The van der Waals surface area contributed by atoms with Crippen molar-refractivity contribution < 1.29 is 9.18 Å². The molecule has 0 aliphatic rings. The number of amides is 1. The zero-order valence-electron chi connectivity index (χ0n) is 12.7. The summed E-state index contributed by atoms with van der Waals surface area (Å²) in [5.41, 5.74) is 1.81. The van der Waals surface area contributed by atoms with E-state index < -0.39 is 10.8 Å². The first-order chi connectivity index (χ1) is 11.6. The Balaban J connectivity index is 2.02. The Hall–Kier alpha value is -2.65. The highest BCUT2D eigenvalue weighted by Crippen LogP contribution is 2.37. The van der Waals surface area contributed by atoms with Crippen LogP contribution in [-0.4, -0.2) is 5.91 Å². The largest absolute Gasteiger partial charge is 0.324 e. The maximum atomic E-state index is 13.0. The fourth-order valence-corrected chi connectivity index (χ4v) is 2.81. The number of nitrogens with one attached hydrogen (secondary N) is 1. The highest BCUT2D eigenvalue weighted by molar-refractivity contribution is 6.38. The van der Waals surface area contributed by atoms with Crippen LogP contribution in [0.3, 0.4) is 0 Å². The average molecular weight is 340 g/mol. The van der Waals surface area contributed by atoms with Crippen LogP contribution in [0.4, 0.5) is 10.1 Å². The quantitative estimate of drug-likeness (QED) is 0.670. The van der Waals surface area contributed by atoms with Gasteiger partial charge in [0.15, 0.2) is 4.87 Å². The summed E-state index contributed by atoms with van der Waals surface area (Å²) in [7, 11) is 0. The third kappa shape index (κ3) is 3.17. The molecule has 24 heavy (non-hydrogen) atoms. The van der Waals surface area contributed by atoms with Gasteiger partial charge in [0, 0.05) is 5.69 Å². The van der Waals surface area contributed by atoms with E-state index in [-0.39, 0.29) is 5.82 Å². The summed E-state index contributed by atoms with van der Waals surface area (Å²) in [6.45, 7) is 0. The second-order valence-electron chi connectivity index (χ2n) is 5.35. The number of carbonyl (C=O) groups is 1. The van der Waals surface area contributed by atoms with E-state index in [0.717, 1.165) is 0 Å². The van der Waals surface area contributed by atoms with Crippen molar-refractivity contribution in [3.8, 4) is 0 Å². The number of hydrogen-bond acceptors (Lipinski definition) is 1. The lowest BCUT2D eigenvalue weighted by Crippen LogP contribution is -2.36. The van der Waals surface area contributed by atoms with Crippen LogP contribution < -0.4 is 5.32 Å². The number of benzene rings is 3. The SMILES string of the molecule is O=C(Nc1ccc(F)cc1)C(Cl)(c1ccccc1)c1ccccc1. The molecule has 1 N–H and O–H groups in total. The van der Waals surface area contributed by atoms with Gasteiger partial charge in [-0.1, -0.05) is 72.3 Å². The normalized spacial score (nSPS) is 11.1. The molecular weight excluding hydrogens is 325 g/mol. The lowest BCUT2D eigenvalue weighted by molar-refractivity contribution is -0.117. The van der Waals surface area contributed by atoms with E-state index in [1.165, 1.54) is 24.3 Å². The van der Waals surface area contributed by atoms with Gasteiger partial charge in [-0.25, -0.2) is 4.39 Å². The van der Waals surface area contributed by atoms with Gasteiger partial charge in [0.05, 0.1) is 0 Å². The minimum atomic E-state index is -1.38. The Morgan fingerprint density at radius 2 is 1.25 bits per heavy atom. The predicted octanol–water partition coefficient (Wildman–Crippen LogP) is 4.95. The molecule has 1 amide bonds. The van der Waals surface area contributed by atoms with Gasteiger partial charge in [0.1, 0.15) is 5.82 Å². The van der Waals surface area contributed by atoms with Crippen LogP contribution in [0.15, 0.2) is 84.9 Å². The molecular formula is C20H15ClFNO. The zero-order valence-corrected chi connectivity index (χ0v) is 13.5. The zero-order chi connectivity index (χ0) is 17.0. The van der Waals surface area contributed by atoms with Gasteiger partial charge in [-0.2, -0.15) is 0 Å². The molecule has 0 aromatic heterocycles. The first-order valence-electron chi connectivity index (χ1n) is 7.47. The third-order valence-electron chi connectivity index (χ3n) is 3.76.